The summed E-state index contributed by atoms with van der Waals surface area (Å²) in [6.07, 6.45) is 1.96. The Bertz CT molecular complexity index is 801. The molecule has 0 bridgehead atoms. The summed E-state index contributed by atoms with van der Waals surface area (Å²) >= 11 is 1.55. The molecule has 0 saturated carbocycles. The first-order chi connectivity index (χ1) is 12.7. The Morgan fingerprint density at radius 1 is 1.00 bits per heavy atom. The highest BCUT2D eigenvalue weighted by atomic mass is 32.2. The predicted octanol–water partition coefficient (Wildman–Crippen LogP) is 3.53. The number of piperidine rings is 1. The van der Waals surface area contributed by atoms with Crippen LogP contribution in [0.15, 0.2) is 59.5 Å². The van der Waals surface area contributed by atoms with Crippen molar-refractivity contribution in [1.82, 2.24) is 4.90 Å². The Hall–Kier alpha value is -2.27. The summed E-state index contributed by atoms with van der Waals surface area (Å²) in [4.78, 5) is 29.8. The van der Waals surface area contributed by atoms with Gasteiger partial charge in [0.25, 0.3) is 0 Å². The van der Waals surface area contributed by atoms with Crippen LogP contribution in [0.25, 0.3) is 0 Å². The molecule has 0 aromatic heterocycles. The van der Waals surface area contributed by atoms with Crippen molar-refractivity contribution in [3.63, 3.8) is 0 Å². The van der Waals surface area contributed by atoms with E-state index in [2.05, 4.69) is 24.3 Å². The maximum Gasteiger partial charge on any atom is 0.242 e. The molecule has 2 heterocycles. The molecule has 1 fully saturated rings. The number of rotatable bonds is 3. The van der Waals surface area contributed by atoms with Gasteiger partial charge in [-0.25, -0.2) is 0 Å². The van der Waals surface area contributed by atoms with E-state index in [9.17, 15) is 9.59 Å². The van der Waals surface area contributed by atoms with Crippen molar-refractivity contribution in [3.8, 4) is 0 Å². The van der Waals surface area contributed by atoms with Gasteiger partial charge < -0.3 is 9.80 Å². The normalized spacial score (nSPS) is 17.9. The number of thioether (sulfide) groups is 1. The van der Waals surface area contributed by atoms with E-state index in [0.717, 1.165) is 36.5 Å². The van der Waals surface area contributed by atoms with Gasteiger partial charge in [0.1, 0.15) is 6.54 Å². The van der Waals surface area contributed by atoms with E-state index in [1.165, 1.54) is 5.56 Å². The molecule has 26 heavy (non-hydrogen) atoms. The largest absolute Gasteiger partial charge is 0.341 e. The van der Waals surface area contributed by atoms with Crippen LogP contribution in [0.3, 0.4) is 0 Å². The minimum atomic E-state index is 0.0150. The van der Waals surface area contributed by atoms with E-state index >= 15 is 0 Å². The number of carbonyl (C=O) groups excluding carboxylic acids is 2. The van der Waals surface area contributed by atoms with Gasteiger partial charge in [-0.1, -0.05) is 42.5 Å². The monoisotopic (exact) mass is 366 g/mol. The van der Waals surface area contributed by atoms with Crippen molar-refractivity contribution < 1.29 is 9.59 Å². The number of carbonyl (C=O) groups is 2. The average Bonchev–Trinajstić information content (AvgIpc) is 2.71. The molecule has 0 atom stereocenters. The van der Waals surface area contributed by atoms with Gasteiger partial charge >= 0.3 is 0 Å². The number of likely N-dealkylation sites (tertiary alicyclic amines) is 1. The third-order valence-electron chi connectivity index (χ3n) is 5.22. The lowest BCUT2D eigenvalue weighted by molar-refractivity contribution is -0.132. The summed E-state index contributed by atoms with van der Waals surface area (Å²) in [5.41, 5.74) is 2.22. The average molecular weight is 366 g/mol. The number of hydrogen-bond donors (Lipinski definition) is 0. The Kier molecular flexibility index (Phi) is 4.98. The molecular formula is C21H22N2O2S. The Labute approximate surface area is 158 Å². The first kappa shape index (κ1) is 17.2. The summed E-state index contributed by atoms with van der Waals surface area (Å²) in [6.45, 7) is 1.67. The Morgan fingerprint density at radius 2 is 1.69 bits per heavy atom. The van der Waals surface area contributed by atoms with E-state index in [-0.39, 0.29) is 18.4 Å². The van der Waals surface area contributed by atoms with Crippen LogP contribution in [0, 0.1) is 0 Å². The van der Waals surface area contributed by atoms with Crippen molar-refractivity contribution in [2.75, 3.05) is 30.3 Å². The first-order valence-electron chi connectivity index (χ1n) is 9.07. The molecule has 0 radical (unpaired) electrons. The second kappa shape index (κ2) is 7.54. The molecule has 5 heteroatoms. The van der Waals surface area contributed by atoms with Crippen LogP contribution < -0.4 is 4.90 Å². The van der Waals surface area contributed by atoms with E-state index in [0.29, 0.717) is 11.7 Å². The Balaban J connectivity index is 1.40. The first-order valence-corrected chi connectivity index (χ1v) is 10.1. The van der Waals surface area contributed by atoms with Crippen molar-refractivity contribution in [1.29, 1.82) is 0 Å². The molecule has 0 unspecified atom stereocenters. The standard InChI is InChI=1S/C21H22N2O2S/c24-20(14-23-18-8-4-5-9-19(18)26-15-21(23)25)22-12-10-17(11-13-22)16-6-2-1-3-7-16/h1-9,17H,10-15H2. The molecule has 4 rings (SSSR count). The summed E-state index contributed by atoms with van der Waals surface area (Å²) in [7, 11) is 0. The third-order valence-corrected chi connectivity index (χ3v) is 6.27. The molecule has 1 saturated heterocycles. The molecule has 134 valence electrons. The number of hydrogen-bond acceptors (Lipinski definition) is 3. The lowest BCUT2D eigenvalue weighted by Gasteiger charge is -2.35. The third kappa shape index (κ3) is 3.49. The van der Waals surface area contributed by atoms with E-state index in [1.54, 1.807) is 16.7 Å². The zero-order valence-corrected chi connectivity index (χ0v) is 15.5. The van der Waals surface area contributed by atoms with Crippen LogP contribution in [0.2, 0.25) is 0 Å². The van der Waals surface area contributed by atoms with E-state index in [4.69, 9.17) is 0 Å². The number of anilines is 1. The molecule has 2 aliphatic heterocycles. The summed E-state index contributed by atoms with van der Waals surface area (Å²) in [5.74, 6) is 0.988. The van der Waals surface area contributed by atoms with Crippen molar-refractivity contribution in [2.45, 2.75) is 23.7 Å². The zero-order chi connectivity index (χ0) is 17.9. The fraction of sp³-hybridized carbons (Fsp3) is 0.333. The van der Waals surface area contributed by atoms with Gasteiger partial charge in [0.2, 0.25) is 11.8 Å². The molecule has 2 aromatic carbocycles. The second-order valence-electron chi connectivity index (χ2n) is 6.80. The van der Waals surface area contributed by atoms with E-state index < -0.39 is 0 Å². The molecule has 0 aliphatic carbocycles. The van der Waals surface area contributed by atoms with Gasteiger partial charge in [0, 0.05) is 18.0 Å². The molecule has 0 N–H and O–H groups in total. The summed E-state index contributed by atoms with van der Waals surface area (Å²) < 4.78 is 0. The van der Waals surface area contributed by atoms with Crippen molar-refractivity contribution in [3.05, 3.63) is 60.2 Å². The van der Waals surface area contributed by atoms with Crippen LogP contribution in [-0.2, 0) is 9.59 Å². The second-order valence-corrected chi connectivity index (χ2v) is 7.82. The van der Waals surface area contributed by atoms with Crippen LogP contribution in [0.1, 0.15) is 24.3 Å². The minimum Gasteiger partial charge on any atom is -0.341 e. The van der Waals surface area contributed by atoms with Crippen LogP contribution in [-0.4, -0.2) is 42.1 Å². The number of amides is 2. The summed E-state index contributed by atoms with van der Waals surface area (Å²) in [5, 5.41) is 0. The number of fused-ring (bicyclic) bond motifs is 1. The van der Waals surface area contributed by atoms with Gasteiger partial charge in [-0.05, 0) is 36.5 Å². The molecule has 2 amide bonds. The highest BCUT2D eigenvalue weighted by molar-refractivity contribution is 8.00. The van der Waals surface area contributed by atoms with Gasteiger partial charge in [-0.3, -0.25) is 9.59 Å². The van der Waals surface area contributed by atoms with Crippen molar-refractivity contribution >= 4 is 29.3 Å². The molecule has 0 spiro atoms. The molecular weight excluding hydrogens is 344 g/mol. The van der Waals surface area contributed by atoms with Crippen LogP contribution >= 0.6 is 11.8 Å². The fourth-order valence-electron chi connectivity index (χ4n) is 3.75. The smallest absolute Gasteiger partial charge is 0.242 e. The van der Waals surface area contributed by atoms with Gasteiger partial charge in [0.15, 0.2) is 0 Å². The topological polar surface area (TPSA) is 40.6 Å². The number of nitrogens with zero attached hydrogens (tertiary/aromatic N) is 2. The molecule has 2 aromatic rings. The minimum absolute atomic E-state index is 0.0150. The Morgan fingerprint density at radius 3 is 2.46 bits per heavy atom. The van der Waals surface area contributed by atoms with Gasteiger partial charge in [0.05, 0.1) is 11.4 Å². The van der Waals surface area contributed by atoms with E-state index in [1.807, 2.05) is 35.2 Å². The van der Waals surface area contributed by atoms with Gasteiger partial charge in [-0.2, -0.15) is 0 Å². The fourth-order valence-corrected chi connectivity index (χ4v) is 4.69. The SMILES string of the molecule is O=C(CN1C(=O)CSc2ccccc21)N1CCC(c2ccccc2)CC1. The molecule has 4 nitrogen and oxygen atoms in total. The van der Waals surface area contributed by atoms with Gasteiger partial charge in [-0.15, -0.1) is 11.8 Å². The van der Waals surface area contributed by atoms with Crippen LogP contribution in [0.4, 0.5) is 5.69 Å². The highest BCUT2D eigenvalue weighted by Gasteiger charge is 2.29. The highest BCUT2D eigenvalue weighted by Crippen LogP contribution is 2.35. The van der Waals surface area contributed by atoms with Crippen LogP contribution in [0.5, 0.6) is 0 Å². The molecule has 2 aliphatic rings. The number of para-hydroxylation sites is 1. The lowest BCUT2D eigenvalue weighted by atomic mass is 9.89. The quantitative estimate of drug-likeness (QED) is 0.834. The maximum absolute atomic E-state index is 12.8. The van der Waals surface area contributed by atoms with Crippen molar-refractivity contribution in [2.24, 2.45) is 0 Å². The predicted molar refractivity (Wildman–Crippen MR) is 105 cm³/mol. The lowest BCUT2D eigenvalue weighted by Crippen LogP contribution is -2.47. The summed E-state index contributed by atoms with van der Waals surface area (Å²) in [6, 6.07) is 18.3. The zero-order valence-electron chi connectivity index (χ0n) is 14.6. The maximum atomic E-state index is 12.8. The number of benzene rings is 2.